The number of amides is 1. The Labute approximate surface area is 116 Å². The molecule has 20 heavy (non-hydrogen) atoms. The maximum absolute atomic E-state index is 12.0. The molecule has 1 amide bonds. The molecule has 0 atom stereocenters. The first-order valence-corrected chi connectivity index (χ1v) is 7.68. The fraction of sp³-hybridized carbons (Fsp3) is 0.364. The molecule has 8 nitrogen and oxygen atoms in total. The van der Waals surface area contributed by atoms with E-state index < -0.39 is 15.7 Å². The molecular formula is C11H16N4O4S. The third-order valence-corrected chi connectivity index (χ3v) is 3.45. The predicted octanol–water partition coefficient (Wildman–Crippen LogP) is -0.707. The van der Waals surface area contributed by atoms with E-state index in [1.807, 2.05) is 0 Å². The van der Waals surface area contributed by atoms with E-state index in [0.29, 0.717) is 5.56 Å². The second kappa shape index (κ2) is 6.33. The largest absolute Gasteiger partial charge is 0.409 e. The lowest BCUT2D eigenvalue weighted by atomic mass is 10.2. The highest BCUT2D eigenvalue weighted by Gasteiger charge is 2.15. The van der Waals surface area contributed by atoms with E-state index in [1.165, 1.54) is 30.3 Å². The lowest BCUT2D eigenvalue weighted by Crippen LogP contribution is -2.32. The van der Waals surface area contributed by atoms with Crippen LogP contribution in [0.3, 0.4) is 0 Å². The molecular weight excluding hydrogens is 284 g/mol. The molecule has 0 saturated heterocycles. The maximum Gasteiger partial charge on any atom is 0.272 e. The minimum atomic E-state index is -3.13. The lowest BCUT2D eigenvalue weighted by molar-refractivity contribution is 0.0797. The van der Waals surface area contributed by atoms with Crippen LogP contribution in [0.5, 0.6) is 0 Å². The molecule has 1 rings (SSSR count). The van der Waals surface area contributed by atoms with Crippen molar-refractivity contribution >= 4 is 21.6 Å². The highest BCUT2D eigenvalue weighted by molar-refractivity contribution is 7.90. The lowest BCUT2D eigenvalue weighted by Gasteiger charge is -2.16. The number of hydrogen-bond acceptors (Lipinski definition) is 6. The van der Waals surface area contributed by atoms with Crippen LogP contribution in [0, 0.1) is 0 Å². The number of aromatic nitrogens is 1. The SMILES string of the molecule is CN(CCS(C)(=O)=O)C(=O)c1ccc(C(N)=NO)cn1. The van der Waals surface area contributed by atoms with Gasteiger partial charge in [-0.15, -0.1) is 0 Å². The van der Waals surface area contributed by atoms with Crippen molar-refractivity contribution in [2.24, 2.45) is 10.9 Å². The first-order chi connectivity index (χ1) is 9.24. The Kier molecular flexibility index (Phi) is 5.03. The van der Waals surface area contributed by atoms with Gasteiger partial charge in [0.25, 0.3) is 5.91 Å². The fourth-order valence-electron chi connectivity index (χ4n) is 1.33. The summed E-state index contributed by atoms with van der Waals surface area (Å²) in [5.74, 6) is -0.626. The Bertz CT molecular complexity index is 610. The highest BCUT2D eigenvalue weighted by atomic mass is 32.2. The van der Waals surface area contributed by atoms with Crippen LogP contribution in [-0.2, 0) is 9.84 Å². The molecule has 0 fully saturated rings. The van der Waals surface area contributed by atoms with E-state index in [2.05, 4.69) is 10.1 Å². The summed E-state index contributed by atoms with van der Waals surface area (Å²) in [5.41, 5.74) is 5.90. The second-order valence-electron chi connectivity index (χ2n) is 4.27. The van der Waals surface area contributed by atoms with Gasteiger partial charge in [0, 0.05) is 31.6 Å². The Morgan fingerprint density at radius 3 is 2.60 bits per heavy atom. The summed E-state index contributed by atoms with van der Waals surface area (Å²) in [6.45, 7) is 0.0847. The minimum Gasteiger partial charge on any atom is -0.409 e. The number of sulfone groups is 1. The first kappa shape index (κ1) is 15.9. The topological polar surface area (TPSA) is 126 Å². The summed E-state index contributed by atoms with van der Waals surface area (Å²) in [5, 5.41) is 11.3. The Balaban J connectivity index is 2.77. The smallest absolute Gasteiger partial charge is 0.272 e. The second-order valence-corrected chi connectivity index (χ2v) is 6.53. The quantitative estimate of drug-likeness (QED) is 0.320. The van der Waals surface area contributed by atoms with E-state index >= 15 is 0 Å². The average molecular weight is 300 g/mol. The molecule has 0 bridgehead atoms. The number of oxime groups is 1. The van der Waals surface area contributed by atoms with Crippen molar-refractivity contribution in [2.75, 3.05) is 25.6 Å². The van der Waals surface area contributed by atoms with Crippen LogP contribution in [-0.4, -0.2) is 60.9 Å². The summed E-state index contributed by atoms with van der Waals surface area (Å²) in [4.78, 5) is 17.1. The Hall–Kier alpha value is -2.16. The number of hydrogen-bond donors (Lipinski definition) is 2. The normalized spacial score (nSPS) is 12.2. The Morgan fingerprint density at radius 2 is 2.15 bits per heavy atom. The summed E-state index contributed by atoms with van der Waals surface area (Å²) in [6.07, 6.45) is 2.40. The van der Waals surface area contributed by atoms with Gasteiger partial charge in [0.05, 0.1) is 5.75 Å². The van der Waals surface area contributed by atoms with Gasteiger partial charge >= 0.3 is 0 Å². The van der Waals surface area contributed by atoms with Gasteiger partial charge in [-0.3, -0.25) is 9.78 Å². The number of carbonyl (C=O) groups is 1. The molecule has 0 saturated carbocycles. The van der Waals surface area contributed by atoms with Crippen molar-refractivity contribution in [3.63, 3.8) is 0 Å². The van der Waals surface area contributed by atoms with Gasteiger partial charge in [-0.05, 0) is 12.1 Å². The predicted molar refractivity (Wildman–Crippen MR) is 73.4 cm³/mol. The number of nitrogens with two attached hydrogens (primary N) is 1. The van der Waals surface area contributed by atoms with Gasteiger partial charge in [0.2, 0.25) is 0 Å². The van der Waals surface area contributed by atoms with Gasteiger partial charge < -0.3 is 15.8 Å². The van der Waals surface area contributed by atoms with Crippen LogP contribution in [0.15, 0.2) is 23.5 Å². The van der Waals surface area contributed by atoms with Gasteiger partial charge in [-0.25, -0.2) is 8.42 Å². The standard InChI is InChI=1S/C11H16N4O4S/c1-15(5-6-20(2,18)19)11(16)9-4-3-8(7-13-9)10(12)14-17/h3-4,7,17H,5-6H2,1-2H3,(H2,12,14). The van der Waals surface area contributed by atoms with Gasteiger partial charge in [-0.2, -0.15) is 0 Å². The molecule has 110 valence electrons. The third-order valence-electron chi connectivity index (χ3n) is 2.53. The van der Waals surface area contributed by atoms with Crippen molar-refractivity contribution in [3.05, 3.63) is 29.6 Å². The fourth-order valence-corrected chi connectivity index (χ4v) is 1.93. The highest BCUT2D eigenvalue weighted by Crippen LogP contribution is 2.03. The maximum atomic E-state index is 12.0. The van der Waals surface area contributed by atoms with E-state index in [1.54, 1.807) is 0 Å². The zero-order valence-corrected chi connectivity index (χ0v) is 12.0. The van der Waals surface area contributed by atoms with Crippen molar-refractivity contribution < 1.29 is 18.4 Å². The van der Waals surface area contributed by atoms with Crippen LogP contribution < -0.4 is 5.73 Å². The molecule has 3 N–H and O–H groups in total. The van der Waals surface area contributed by atoms with Gasteiger partial charge in [0.1, 0.15) is 15.5 Å². The molecule has 0 radical (unpaired) electrons. The monoisotopic (exact) mass is 300 g/mol. The number of pyridine rings is 1. The van der Waals surface area contributed by atoms with Crippen LogP contribution in [0.4, 0.5) is 0 Å². The van der Waals surface area contributed by atoms with Gasteiger partial charge in [-0.1, -0.05) is 5.16 Å². The third kappa shape index (κ3) is 4.50. The number of rotatable bonds is 5. The van der Waals surface area contributed by atoms with E-state index in [9.17, 15) is 13.2 Å². The summed E-state index contributed by atoms with van der Waals surface area (Å²) < 4.78 is 22.1. The number of nitrogens with zero attached hydrogens (tertiary/aromatic N) is 3. The van der Waals surface area contributed by atoms with E-state index in [0.717, 1.165) is 6.26 Å². The molecule has 9 heteroatoms. The summed E-state index contributed by atoms with van der Waals surface area (Å²) in [7, 11) is -1.64. The van der Waals surface area contributed by atoms with Crippen molar-refractivity contribution in [3.8, 4) is 0 Å². The zero-order valence-electron chi connectivity index (χ0n) is 11.1. The number of amidine groups is 1. The number of carbonyl (C=O) groups excluding carboxylic acids is 1. The molecule has 0 aliphatic rings. The van der Waals surface area contributed by atoms with Crippen molar-refractivity contribution in [1.82, 2.24) is 9.88 Å². The van der Waals surface area contributed by atoms with Crippen molar-refractivity contribution in [1.29, 1.82) is 0 Å². The molecule has 1 aromatic rings. The molecule has 0 aromatic carbocycles. The van der Waals surface area contributed by atoms with Crippen molar-refractivity contribution in [2.45, 2.75) is 0 Å². The molecule has 1 aromatic heterocycles. The minimum absolute atomic E-state index is 0.0847. The van der Waals surface area contributed by atoms with Gasteiger partial charge in [0.15, 0.2) is 5.84 Å². The van der Waals surface area contributed by atoms with Crippen LogP contribution >= 0.6 is 0 Å². The van der Waals surface area contributed by atoms with E-state index in [4.69, 9.17) is 10.9 Å². The molecule has 1 heterocycles. The van der Waals surface area contributed by atoms with E-state index in [-0.39, 0.29) is 23.8 Å². The Morgan fingerprint density at radius 1 is 1.50 bits per heavy atom. The molecule has 0 aliphatic carbocycles. The molecule has 0 unspecified atom stereocenters. The van der Waals surface area contributed by atoms with Crippen LogP contribution in [0.2, 0.25) is 0 Å². The molecule has 0 spiro atoms. The first-order valence-electron chi connectivity index (χ1n) is 5.61. The zero-order chi connectivity index (χ0) is 15.3. The van der Waals surface area contributed by atoms with Crippen LogP contribution in [0.25, 0.3) is 0 Å². The van der Waals surface area contributed by atoms with Crippen LogP contribution in [0.1, 0.15) is 16.1 Å². The molecule has 0 aliphatic heterocycles. The summed E-state index contributed by atoms with van der Waals surface area (Å²) >= 11 is 0. The summed E-state index contributed by atoms with van der Waals surface area (Å²) in [6, 6.07) is 2.91. The average Bonchev–Trinajstić information content (AvgIpc) is 2.42.